The van der Waals surface area contributed by atoms with E-state index in [1.807, 2.05) is 0 Å². The van der Waals surface area contributed by atoms with Crippen molar-refractivity contribution in [1.29, 1.82) is 0 Å². The number of esters is 1. The molecule has 0 amide bonds. The first-order valence-electron chi connectivity index (χ1n) is 7.31. The largest absolute Gasteiger partial charge is 0.467 e. The van der Waals surface area contributed by atoms with Crippen LogP contribution in [0.25, 0.3) is 0 Å². The van der Waals surface area contributed by atoms with Gasteiger partial charge in [-0.1, -0.05) is 0 Å². The summed E-state index contributed by atoms with van der Waals surface area (Å²) in [5.41, 5.74) is 6.47. The van der Waals surface area contributed by atoms with Crippen LogP contribution in [-0.2, 0) is 11.3 Å². The second-order valence-electron chi connectivity index (χ2n) is 5.46. The second kappa shape index (κ2) is 6.90. The van der Waals surface area contributed by atoms with Crippen molar-refractivity contribution in [2.45, 2.75) is 51.2 Å². The first-order valence-corrected chi connectivity index (χ1v) is 7.31. The van der Waals surface area contributed by atoms with Gasteiger partial charge in [0, 0.05) is 12.1 Å². The Bertz CT molecular complexity index is 436. The lowest BCUT2D eigenvalue weighted by atomic mass is 9.91. The molecule has 0 atom stereocenters. The Hall–Kier alpha value is -1.33. The molecule has 1 aromatic heterocycles. The molecule has 0 bridgehead atoms. The highest BCUT2D eigenvalue weighted by Crippen LogP contribution is 2.23. The molecule has 0 saturated heterocycles. The number of rotatable bonds is 5. The van der Waals surface area contributed by atoms with Gasteiger partial charge < -0.3 is 14.9 Å². The van der Waals surface area contributed by atoms with Gasteiger partial charge in [0.15, 0.2) is 0 Å². The highest BCUT2D eigenvalue weighted by atomic mass is 16.5. The number of ether oxygens (including phenoxy) is 1. The van der Waals surface area contributed by atoms with Gasteiger partial charge in [-0.3, -0.25) is 4.90 Å². The molecule has 0 spiro atoms. The highest BCUT2D eigenvalue weighted by Gasteiger charge is 2.24. The van der Waals surface area contributed by atoms with Gasteiger partial charge in [-0.25, -0.2) is 4.79 Å². The lowest BCUT2D eigenvalue weighted by Gasteiger charge is -2.33. The third kappa shape index (κ3) is 3.61. The zero-order valence-corrected chi connectivity index (χ0v) is 12.3. The maximum absolute atomic E-state index is 11.8. The van der Waals surface area contributed by atoms with E-state index in [0.717, 1.165) is 25.7 Å². The zero-order valence-electron chi connectivity index (χ0n) is 12.3. The maximum atomic E-state index is 11.8. The maximum Gasteiger partial charge on any atom is 0.341 e. The third-order valence-electron chi connectivity index (χ3n) is 4.00. The predicted molar refractivity (Wildman–Crippen MR) is 76.4 cm³/mol. The fourth-order valence-corrected chi connectivity index (χ4v) is 2.75. The molecule has 0 unspecified atom stereocenters. The van der Waals surface area contributed by atoms with Gasteiger partial charge in [0.25, 0.3) is 0 Å². The first kappa shape index (κ1) is 15.1. The summed E-state index contributed by atoms with van der Waals surface area (Å²) >= 11 is 0. The van der Waals surface area contributed by atoms with E-state index in [2.05, 4.69) is 11.9 Å². The summed E-state index contributed by atoms with van der Waals surface area (Å²) in [4.78, 5) is 14.1. The van der Waals surface area contributed by atoms with Crippen LogP contribution in [0, 0.1) is 0 Å². The molecule has 2 N–H and O–H groups in total. The van der Waals surface area contributed by atoms with Crippen molar-refractivity contribution in [2.24, 2.45) is 5.73 Å². The number of hydrogen-bond donors (Lipinski definition) is 1. The van der Waals surface area contributed by atoms with Crippen molar-refractivity contribution in [3.05, 3.63) is 23.7 Å². The Balaban J connectivity index is 1.96. The summed E-state index contributed by atoms with van der Waals surface area (Å²) in [6.07, 6.45) is 5.89. The lowest BCUT2D eigenvalue weighted by molar-refractivity contribution is 0.0521. The van der Waals surface area contributed by atoms with Gasteiger partial charge >= 0.3 is 5.97 Å². The zero-order chi connectivity index (χ0) is 14.5. The van der Waals surface area contributed by atoms with Crippen molar-refractivity contribution >= 4 is 5.97 Å². The summed E-state index contributed by atoms with van der Waals surface area (Å²) in [6, 6.07) is 2.53. The molecule has 1 aromatic rings. The van der Waals surface area contributed by atoms with Crippen molar-refractivity contribution in [2.75, 3.05) is 13.7 Å². The quantitative estimate of drug-likeness (QED) is 0.837. The SMILES string of the molecule is CCOC(=O)c1ccoc1CN(C)C1CCC(N)CC1. The van der Waals surface area contributed by atoms with Gasteiger partial charge in [-0.05, 0) is 45.7 Å². The molecule has 2 rings (SSSR count). The number of hydrogen-bond acceptors (Lipinski definition) is 5. The van der Waals surface area contributed by atoms with Gasteiger partial charge in [0.2, 0.25) is 0 Å². The lowest BCUT2D eigenvalue weighted by Crippen LogP contribution is -2.38. The van der Waals surface area contributed by atoms with E-state index >= 15 is 0 Å². The topological polar surface area (TPSA) is 68.7 Å². The Morgan fingerprint density at radius 1 is 1.45 bits per heavy atom. The Morgan fingerprint density at radius 3 is 2.80 bits per heavy atom. The molecule has 20 heavy (non-hydrogen) atoms. The second-order valence-corrected chi connectivity index (χ2v) is 5.46. The molecule has 112 valence electrons. The highest BCUT2D eigenvalue weighted by molar-refractivity contribution is 5.90. The molecule has 1 fully saturated rings. The van der Waals surface area contributed by atoms with E-state index in [4.69, 9.17) is 14.9 Å². The molecule has 1 heterocycles. The fourth-order valence-electron chi connectivity index (χ4n) is 2.75. The summed E-state index contributed by atoms with van der Waals surface area (Å²) in [5.74, 6) is 0.371. The number of furan rings is 1. The molecule has 0 radical (unpaired) electrons. The standard InChI is InChI=1S/C15H24N2O3/c1-3-19-15(18)13-8-9-20-14(13)10-17(2)12-6-4-11(16)5-7-12/h8-9,11-12H,3-7,10,16H2,1-2H3. The van der Waals surface area contributed by atoms with E-state index in [1.165, 1.54) is 0 Å². The third-order valence-corrected chi connectivity index (χ3v) is 4.00. The van der Waals surface area contributed by atoms with E-state index in [9.17, 15) is 4.79 Å². The minimum Gasteiger partial charge on any atom is -0.467 e. The minimum absolute atomic E-state index is 0.310. The van der Waals surface area contributed by atoms with Crippen LogP contribution in [-0.4, -0.2) is 36.6 Å². The van der Waals surface area contributed by atoms with Gasteiger partial charge in [-0.2, -0.15) is 0 Å². The summed E-state index contributed by atoms with van der Waals surface area (Å²) in [6.45, 7) is 2.80. The van der Waals surface area contributed by atoms with E-state index in [-0.39, 0.29) is 5.97 Å². The Labute approximate surface area is 120 Å². The molecular formula is C15H24N2O3. The summed E-state index contributed by atoms with van der Waals surface area (Å²) < 4.78 is 10.5. The van der Waals surface area contributed by atoms with E-state index in [0.29, 0.717) is 36.6 Å². The van der Waals surface area contributed by atoms with E-state index < -0.39 is 0 Å². The summed E-state index contributed by atoms with van der Waals surface area (Å²) in [7, 11) is 2.07. The van der Waals surface area contributed by atoms with Crippen LogP contribution in [0.15, 0.2) is 16.7 Å². The molecule has 1 aliphatic carbocycles. The number of carbonyl (C=O) groups excluding carboxylic acids is 1. The van der Waals surface area contributed by atoms with Crippen molar-refractivity contribution in [3.63, 3.8) is 0 Å². The van der Waals surface area contributed by atoms with Crippen LogP contribution in [0.1, 0.15) is 48.7 Å². The Morgan fingerprint density at radius 2 is 2.15 bits per heavy atom. The minimum atomic E-state index is -0.310. The van der Waals surface area contributed by atoms with Gasteiger partial charge in [0.1, 0.15) is 11.3 Å². The van der Waals surface area contributed by atoms with Crippen LogP contribution in [0.2, 0.25) is 0 Å². The van der Waals surface area contributed by atoms with Gasteiger partial charge in [-0.15, -0.1) is 0 Å². The Kier molecular flexibility index (Phi) is 5.20. The number of carbonyl (C=O) groups is 1. The number of nitrogens with zero attached hydrogens (tertiary/aromatic N) is 1. The van der Waals surface area contributed by atoms with Crippen LogP contribution < -0.4 is 5.73 Å². The van der Waals surface area contributed by atoms with E-state index in [1.54, 1.807) is 19.3 Å². The molecule has 5 heteroatoms. The van der Waals surface area contributed by atoms with Crippen molar-refractivity contribution < 1.29 is 13.9 Å². The van der Waals surface area contributed by atoms with Gasteiger partial charge in [0.05, 0.1) is 19.4 Å². The average molecular weight is 280 g/mol. The smallest absolute Gasteiger partial charge is 0.341 e. The number of nitrogens with two attached hydrogens (primary N) is 1. The molecule has 5 nitrogen and oxygen atoms in total. The van der Waals surface area contributed by atoms with Crippen molar-refractivity contribution in [1.82, 2.24) is 4.90 Å². The normalized spacial score (nSPS) is 23.0. The fraction of sp³-hybridized carbons (Fsp3) is 0.667. The molecule has 0 aliphatic heterocycles. The molecule has 1 aliphatic rings. The first-order chi connectivity index (χ1) is 9.61. The monoisotopic (exact) mass is 280 g/mol. The van der Waals surface area contributed by atoms with Crippen molar-refractivity contribution in [3.8, 4) is 0 Å². The van der Waals surface area contributed by atoms with Crippen LogP contribution in [0.5, 0.6) is 0 Å². The molecular weight excluding hydrogens is 256 g/mol. The van der Waals surface area contributed by atoms with Crippen LogP contribution >= 0.6 is 0 Å². The average Bonchev–Trinajstić information content (AvgIpc) is 2.88. The molecule has 0 aromatic carbocycles. The summed E-state index contributed by atoms with van der Waals surface area (Å²) in [5, 5.41) is 0. The predicted octanol–water partition coefficient (Wildman–Crippen LogP) is 2.16. The molecule has 1 saturated carbocycles. The van der Waals surface area contributed by atoms with Crippen LogP contribution in [0.4, 0.5) is 0 Å². The van der Waals surface area contributed by atoms with Crippen LogP contribution in [0.3, 0.4) is 0 Å².